The minimum atomic E-state index is -0.507. The normalized spacial score (nSPS) is 23.5. The Hall–Kier alpha value is -1.00. The van der Waals surface area contributed by atoms with Gasteiger partial charge in [-0.25, -0.2) is 8.78 Å². The molecule has 1 aliphatic rings. The van der Waals surface area contributed by atoms with Crippen molar-refractivity contribution in [3.63, 3.8) is 0 Å². The van der Waals surface area contributed by atoms with Crippen LogP contribution in [0.3, 0.4) is 0 Å². The van der Waals surface area contributed by atoms with Crippen molar-refractivity contribution in [2.75, 3.05) is 13.2 Å². The zero-order valence-electron chi connectivity index (χ0n) is 11.3. The Morgan fingerprint density at radius 2 is 2.00 bits per heavy atom. The third-order valence-electron chi connectivity index (χ3n) is 3.59. The Morgan fingerprint density at radius 3 is 2.68 bits per heavy atom. The van der Waals surface area contributed by atoms with Crippen LogP contribution in [0.15, 0.2) is 18.2 Å². The summed E-state index contributed by atoms with van der Waals surface area (Å²) in [5.74, 6) is -1.01. The lowest BCUT2D eigenvalue weighted by atomic mass is 10.0. The van der Waals surface area contributed by atoms with E-state index in [0.717, 1.165) is 38.5 Å². The van der Waals surface area contributed by atoms with Crippen LogP contribution in [0.4, 0.5) is 8.78 Å². The average Bonchev–Trinajstić information content (AvgIpc) is 2.38. The molecule has 2 unspecified atom stereocenters. The molecule has 106 valence electrons. The van der Waals surface area contributed by atoms with Gasteiger partial charge in [0.15, 0.2) is 0 Å². The Labute approximate surface area is 113 Å². The highest BCUT2D eigenvalue weighted by Gasteiger charge is 2.20. The number of nitrogens with one attached hydrogen (secondary N) is 1. The van der Waals surface area contributed by atoms with Gasteiger partial charge in [-0.2, -0.15) is 0 Å². The van der Waals surface area contributed by atoms with Crippen molar-refractivity contribution < 1.29 is 13.5 Å². The lowest BCUT2D eigenvalue weighted by Gasteiger charge is -2.29. The van der Waals surface area contributed by atoms with Gasteiger partial charge < -0.3 is 10.1 Å². The van der Waals surface area contributed by atoms with Crippen LogP contribution in [0.5, 0.6) is 0 Å². The summed E-state index contributed by atoms with van der Waals surface area (Å²) in [4.78, 5) is 0. The predicted octanol–water partition coefficient (Wildman–Crippen LogP) is 3.05. The number of benzene rings is 1. The van der Waals surface area contributed by atoms with E-state index in [1.807, 2.05) is 0 Å². The molecule has 0 aromatic heterocycles. The van der Waals surface area contributed by atoms with Crippen molar-refractivity contribution in [3.05, 3.63) is 35.4 Å². The molecule has 0 bridgehead atoms. The van der Waals surface area contributed by atoms with Crippen LogP contribution in [0.25, 0.3) is 0 Å². The van der Waals surface area contributed by atoms with Crippen molar-refractivity contribution in [1.29, 1.82) is 0 Å². The molecule has 0 aliphatic carbocycles. The number of hydrogen-bond acceptors (Lipinski definition) is 2. The fraction of sp³-hybridized carbons (Fsp3) is 0.600. The molecule has 0 spiro atoms. The second-order valence-electron chi connectivity index (χ2n) is 5.10. The lowest BCUT2D eigenvalue weighted by Crippen LogP contribution is -2.39. The zero-order chi connectivity index (χ0) is 13.7. The van der Waals surface area contributed by atoms with E-state index in [1.165, 1.54) is 12.1 Å². The van der Waals surface area contributed by atoms with Gasteiger partial charge in [-0.05, 0) is 49.9 Å². The van der Waals surface area contributed by atoms with Crippen molar-refractivity contribution >= 4 is 0 Å². The summed E-state index contributed by atoms with van der Waals surface area (Å²) < 4.78 is 31.7. The second-order valence-corrected chi connectivity index (χ2v) is 5.10. The summed E-state index contributed by atoms with van der Waals surface area (Å²) in [6.07, 6.45) is 4.05. The Kier molecular flexibility index (Phi) is 5.28. The van der Waals surface area contributed by atoms with Gasteiger partial charge in [-0.1, -0.05) is 6.92 Å². The van der Waals surface area contributed by atoms with Crippen LogP contribution in [-0.4, -0.2) is 25.3 Å². The van der Waals surface area contributed by atoms with Gasteiger partial charge in [-0.3, -0.25) is 0 Å². The first-order valence-corrected chi connectivity index (χ1v) is 6.97. The van der Waals surface area contributed by atoms with Crippen LogP contribution in [0.2, 0.25) is 0 Å². The first kappa shape index (κ1) is 14.4. The molecule has 2 atom stereocenters. The number of rotatable bonds is 5. The van der Waals surface area contributed by atoms with Crippen LogP contribution in [0.1, 0.15) is 31.7 Å². The molecule has 1 aromatic rings. The van der Waals surface area contributed by atoms with Gasteiger partial charge in [0.2, 0.25) is 0 Å². The monoisotopic (exact) mass is 269 g/mol. The molecule has 1 saturated heterocycles. The summed E-state index contributed by atoms with van der Waals surface area (Å²) >= 11 is 0. The first-order valence-electron chi connectivity index (χ1n) is 6.97. The molecule has 1 heterocycles. The molecule has 1 aromatic carbocycles. The van der Waals surface area contributed by atoms with Gasteiger partial charge in [0.25, 0.3) is 0 Å². The molecular weight excluding hydrogens is 248 g/mol. The van der Waals surface area contributed by atoms with E-state index in [2.05, 4.69) is 12.2 Å². The second kappa shape index (κ2) is 6.96. The zero-order valence-corrected chi connectivity index (χ0v) is 11.3. The minimum Gasteiger partial charge on any atom is -0.378 e. The van der Waals surface area contributed by atoms with Crippen molar-refractivity contribution in [2.45, 2.75) is 44.8 Å². The van der Waals surface area contributed by atoms with Crippen molar-refractivity contribution in [1.82, 2.24) is 5.32 Å². The SMILES string of the molecule is CCC1CC(NCCc2cc(F)cc(F)c2)CCO1. The molecule has 2 rings (SSSR count). The van der Waals surface area contributed by atoms with Crippen molar-refractivity contribution in [3.8, 4) is 0 Å². The molecular formula is C15H21F2NO. The van der Waals surface area contributed by atoms with Gasteiger partial charge in [0.05, 0.1) is 6.10 Å². The summed E-state index contributed by atoms with van der Waals surface area (Å²) in [5.41, 5.74) is 0.698. The average molecular weight is 269 g/mol. The fourth-order valence-corrected chi connectivity index (χ4v) is 2.53. The smallest absolute Gasteiger partial charge is 0.126 e. The maximum Gasteiger partial charge on any atom is 0.126 e. The highest BCUT2D eigenvalue weighted by atomic mass is 19.1. The van der Waals surface area contributed by atoms with E-state index >= 15 is 0 Å². The van der Waals surface area contributed by atoms with E-state index in [4.69, 9.17) is 4.74 Å². The summed E-state index contributed by atoms with van der Waals surface area (Å²) in [6, 6.07) is 4.14. The molecule has 1 N–H and O–H groups in total. The number of hydrogen-bond donors (Lipinski definition) is 1. The molecule has 0 amide bonds. The lowest BCUT2D eigenvalue weighted by molar-refractivity contribution is 0.000116. The molecule has 0 radical (unpaired) electrons. The van der Waals surface area contributed by atoms with E-state index < -0.39 is 11.6 Å². The summed E-state index contributed by atoms with van der Waals surface area (Å²) in [6.45, 7) is 3.66. The highest BCUT2D eigenvalue weighted by molar-refractivity contribution is 5.18. The maximum atomic E-state index is 13.0. The molecule has 19 heavy (non-hydrogen) atoms. The molecule has 1 aliphatic heterocycles. The van der Waals surface area contributed by atoms with Crippen LogP contribution >= 0.6 is 0 Å². The Bertz CT molecular complexity index is 391. The Balaban J connectivity index is 1.76. The summed E-state index contributed by atoms with van der Waals surface area (Å²) in [7, 11) is 0. The van der Waals surface area contributed by atoms with Crippen molar-refractivity contribution in [2.24, 2.45) is 0 Å². The fourth-order valence-electron chi connectivity index (χ4n) is 2.53. The molecule has 2 nitrogen and oxygen atoms in total. The molecule has 1 fully saturated rings. The Morgan fingerprint density at radius 1 is 1.26 bits per heavy atom. The van der Waals surface area contributed by atoms with E-state index in [1.54, 1.807) is 0 Å². The minimum absolute atomic E-state index is 0.345. The maximum absolute atomic E-state index is 13.0. The van der Waals surface area contributed by atoms with Gasteiger partial charge in [-0.15, -0.1) is 0 Å². The quantitative estimate of drug-likeness (QED) is 0.887. The van der Waals surface area contributed by atoms with Crippen LogP contribution in [0, 0.1) is 11.6 Å². The third-order valence-corrected chi connectivity index (χ3v) is 3.59. The topological polar surface area (TPSA) is 21.3 Å². The van der Waals surface area contributed by atoms with Gasteiger partial charge >= 0.3 is 0 Å². The van der Waals surface area contributed by atoms with Gasteiger partial charge in [0, 0.05) is 18.7 Å². The molecule has 0 saturated carbocycles. The van der Waals surface area contributed by atoms with E-state index in [9.17, 15) is 8.78 Å². The standard InChI is InChI=1S/C15H21F2NO/c1-2-15-10-14(4-6-19-15)18-5-3-11-7-12(16)9-13(17)8-11/h7-9,14-15,18H,2-6,10H2,1H3. The highest BCUT2D eigenvalue weighted by Crippen LogP contribution is 2.16. The largest absolute Gasteiger partial charge is 0.378 e. The first-order chi connectivity index (χ1) is 9.17. The third kappa shape index (κ3) is 4.55. The van der Waals surface area contributed by atoms with E-state index in [0.29, 0.717) is 24.1 Å². The summed E-state index contributed by atoms with van der Waals surface area (Å²) in [5, 5.41) is 3.45. The van der Waals surface area contributed by atoms with Crippen LogP contribution < -0.4 is 5.32 Å². The van der Waals surface area contributed by atoms with Crippen LogP contribution in [-0.2, 0) is 11.2 Å². The van der Waals surface area contributed by atoms with Gasteiger partial charge in [0.1, 0.15) is 11.6 Å². The predicted molar refractivity (Wildman–Crippen MR) is 71.1 cm³/mol. The molecule has 4 heteroatoms. The number of halogens is 2. The van der Waals surface area contributed by atoms with E-state index in [-0.39, 0.29) is 0 Å². The number of ether oxygens (including phenoxy) is 1.